The van der Waals surface area contributed by atoms with Crippen LogP contribution in [0.5, 0.6) is 5.75 Å². The van der Waals surface area contributed by atoms with Gasteiger partial charge in [-0.1, -0.05) is 60.7 Å². The molecule has 0 spiro atoms. The van der Waals surface area contributed by atoms with Crippen molar-refractivity contribution in [3.63, 3.8) is 0 Å². The molecule has 0 fully saturated rings. The molecule has 0 aromatic heterocycles. The smallest absolute Gasteiger partial charge is 0.329 e. The van der Waals surface area contributed by atoms with Gasteiger partial charge in [0.1, 0.15) is 11.8 Å². The number of fused-ring (bicyclic) bond motifs is 3. The lowest BCUT2D eigenvalue weighted by atomic mass is 10.1. The van der Waals surface area contributed by atoms with E-state index in [1.54, 1.807) is 20.1 Å². The molecule has 1 atom stereocenters. The zero-order valence-electron chi connectivity index (χ0n) is 17.4. The average Bonchev–Trinajstić information content (AvgIpc) is 3.12. The standard InChI is InChI=1S/C26H23NO4/c1-17(27-24(28)16-13-18-11-14-19(30-2)15-12-18)26(29)31-25-22-9-5-3-7-20(22)21-8-4-6-10-23(21)25/h3-17,25H,1-2H3,(H,27,28)/b16-13+/t17-/m0/s1. The molecule has 1 aliphatic carbocycles. The second-order valence-corrected chi connectivity index (χ2v) is 7.33. The van der Waals surface area contributed by atoms with Crippen molar-refractivity contribution in [3.8, 4) is 16.9 Å². The summed E-state index contributed by atoms with van der Waals surface area (Å²) in [6.07, 6.45) is 2.59. The Labute approximate surface area is 181 Å². The molecule has 0 aliphatic heterocycles. The number of methoxy groups -OCH3 is 1. The topological polar surface area (TPSA) is 64.6 Å². The minimum atomic E-state index is -0.784. The number of amides is 1. The molecule has 5 heteroatoms. The third-order valence-electron chi connectivity index (χ3n) is 5.27. The molecule has 156 valence electrons. The van der Waals surface area contributed by atoms with E-state index in [9.17, 15) is 9.59 Å². The SMILES string of the molecule is COc1ccc(/C=C/C(=O)N[C@@H](C)C(=O)OC2c3ccccc3-c3ccccc32)cc1. The number of benzene rings is 3. The van der Waals surface area contributed by atoms with Gasteiger partial charge in [0.05, 0.1) is 7.11 Å². The zero-order chi connectivity index (χ0) is 21.8. The number of esters is 1. The molecular formula is C26H23NO4. The minimum absolute atomic E-state index is 0.368. The van der Waals surface area contributed by atoms with Crippen LogP contribution in [0.1, 0.15) is 29.7 Å². The Morgan fingerprint density at radius 1 is 0.903 bits per heavy atom. The molecule has 0 unspecified atom stereocenters. The molecule has 3 aromatic rings. The van der Waals surface area contributed by atoms with Gasteiger partial charge in [-0.15, -0.1) is 0 Å². The molecule has 0 heterocycles. The highest BCUT2D eigenvalue weighted by atomic mass is 16.5. The Morgan fingerprint density at radius 3 is 2.06 bits per heavy atom. The van der Waals surface area contributed by atoms with Gasteiger partial charge in [0.2, 0.25) is 5.91 Å². The quantitative estimate of drug-likeness (QED) is 0.476. The summed E-state index contributed by atoms with van der Waals surface area (Å²) in [4.78, 5) is 25.0. The van der Waals surface area contributed by atoms with Gasteiger partial charge in [-0.2, -0.15) is 0 Å². The molecule has 4 rings (SSSR count). The Kier molecular flexibility index (Phi) is 5.85. The number of carbonyl (C=O) groups excluding carboxylic acids is 2. The molecule has 0 saturated heterocycles. The number of nitrogens with one attached hydrogen (secondary N) is 1. The molecule has 1 aliphatic rings. The third kappa shape index (κ3) is 4.36. The molecule has 1 N–H and O–H groups in total. The summed E-state index contributed by atoms with van der Waals surface area (Å²) >= 11 is 0. The van der Waals surface area contributed by atoms with Crippen molar-refractivity contribution < 1.29 is 19.1 Å². The van der Waals surface area contributed by atoms with Crippen LogP contribution in [0.4, 0.5) is 0 Å². The Morgan fingerprint density at radius 2 is 1.48 bits per heavy atom. The van der Waals surface area contributed by atoms with Crippen LogP contribution in [0.15, 0.2) is 78.9 Å². The highest BCUT2D eigenvalue weighted by Crippen LogP contribution is 2.45. The van der Waals surface area contributed by atoms with Crippen molar-refractivity contribution in [3.05, 3.63) is 95.6 Å². The number of hydrogen-bond acceptors (Lipinski definition) is 4. The van der Waals surface area contributed by atoms with E-state index >= 15 is 0 Å². The van der Waals surface area contributed by atoms with Crippen molar-refractivity contribution in [2.24, 2.45) is 0 Å². The van der Waals surface area contributed by atoms with Gasteiger partial charge < -0.3 is 14.8 Å². The molecule has 0 bridgehead atoms. The summed E-state index contributed by atoms with van der Waals surface area (Å²) in [7, 11) is 1.60. The summed E-state index contributed by atoms with van der Waals surface area (Å²) in [5.74, 6) is -0.108. The second kappa shape index (κ2) is 8.88. The van der Waals surface area contributed by atoms with E-state index in [0.717, 1.165) is 33.6 Å². The first-order valence-electron chi connectivity index (χ1n) is 10.1. The van der Waals surface area contributed by atoms with Crippen LogP contribution < -0.4 is 10.1 Å². The van der Waals surface area contributed by atoms with Crippen LogP contribution in [-0.2, 0) is 14.3 Å². The van der Waals surface area contributed by atoms with Crippen LogP contribution >= 0.6 is 0 Å². The van der Waals surface area contributed by atoms with Gasteiger partial charge >= 0.3 is 5.97 Å². The van der Waals surface area contributed by atoms with Crippen molar-refractivity contribution in [2.75, 3.05) is 7.11 Å². The first-order valence-corrected chi connectivity index (χ1v) is 10.1. The highest BCUT2D eigenvalue weighted by Gasteiger charge is 2.32. The molecule has 3 aromatic carbocycles. The van der Waals surface area contributed by atoms with Crippen molar-refractivity contribution in [1.29, 1.82) is 0 Å². The zero-order valence-corrected chi connectivity index (χ0v) is 17.4. The van der Waals surface area contributed by atoms with Crippen molar-refractivity contribution in [2.45, 2.75) is 19.1 Å². The van der Waals surface area contributed by atoms with E-state index in [0.29, 0.717) is 0 Å². The van der Waals surface area contributed by atoms with Gasteiger partial charge in [-0.25, -0.2) is 4.79 Å². The minimum Gasteiger partial charge on any atom is -0.497 e. The van der Waals surface area contributed by atoms with E-state index in [4.69, 9.17) is 9.47 Å². The second-order valence-electron chi connectivity index (χ2n) is 7.33. The first kappa shape index (κ1) is 20.4. The van der Waals surface area contributed by atoms with Gasteiger partial charge in [-0.3, -0.25) is 4.79 Å². The Balaban J connectivity index is 1.41. The summed E-state index contributed by atoms with van der Waals surface area (Å²) < 4.78 is 10.9. The first-order chi connectivity index (χ1) is 15.1. The fraction of sp³-hybridized carbons (Fsp3) is 0.154. The van der Waals surface area contributed by atoms with E-state index in [1.165, 1.54) is 6.08 Å². The van der Waals surface area contributed by atoms with Gasteiger partial charge in [-0.05, 0) is 41.8 Å². The lowest BCUT2D eigenvalue weighted by molar-refractivity contribution is -0.150. The molecule has 0 saturated carbocycles. The van der Waals surface area contributed by atoms with E-state index < -0.39 is 18.1 Å². The van der Waals surface area contributed by atoms with Crippen LogP contribution in [0.25, 0.3) is 17.2 Å². The van der Waals surface area contributed by atoms with Crippen LogP contribution in [0, 0.1) is 0 Å². The monoisotopic (exact) mass is 413 g/mol. The van der Waals surface area contributed by atoms with E-state index in [1.807, 2.05) is 72.8 Å². The van der Waals surface area contributed by atoms with Crippen LogP contribution in [0.2, 0.25) is 0 Å². The van der Waals surface area contributed by atoms with Crippen molar-refractivity contribution >= 4 is 18.0 Å². The van der Waals surface area contributed by atoms with Gasteiger partial charge in [0.25, 0.3) is 0 Å². The highest BCUT2D eigenvalue weighted by molar-refractivity contribution is 5.94. The Hall–Kier alpha value is -3.86. The fourth-order valence-electron chi connectivity index (χ4n) is 3.66. The molecule has 0 radical (unpaired) electrons. The van der Waals surface area contributed by atoms with Crippen molar-refractivity contribution in [1.82, 2.24) is 5.32 Å². The average molecular weight is 413 g/mol. The lowest BCUT2D eigenvalue weighted by Gasteiger charge is -2.18. The van der Waals surface area contributed by atoms with Gasteiger partial charge in [0, 0.05) is 17.2 Å². The molecule has 31 heavy (non-hydrogen) atoms. The normalized spacial score (nSPS) is 13.4. The number of carbonyl (C=O) groups is 2. The summed E-state index contributed by atoms with van der Waals surface area (Å²) in [6, 6.07) is 22.3. The molecule has 5 nitrogen and oxygen atoms in total. The number of hydrogen-bond donors (Lipinski definition) is 1. The summed E-state index contributed by atoms with van der Waals surface area (Å²) in [5.41, 5.74) is 4.89. The predicted octanol–water partition coefficient (Wildman–Crippen LogP) is 4.53. The molecule has 1 amide bonds. The number of ether oxygens (including phenoxy) is 2. The fourth-order valence-corrected chi connectivity index (χ4v) is 3.66. The maximum atomic E-state index is 12.7. The third-order valence-corrected chi connectivity index (χ3v) is 5.27. The number of rotatable bonds is 6. The summed E-state index contributed by atoms with van der Waals surface area (Å²) in [6.45, 7) is 1.62. The Bertz CT molecular complexity index is 1090. The van der Waals surface area contributed by atoms with Crippen LogP contribution in [-0.4, -0.2) is 25.0 Å². The lowest BCUT2D eigenvalue weighted by Crippen LogP contribution is -2.39. The van der Waals surface area contributed by atoms with Gasteiger partial charge in [0.15, 0.2) is 6.10 Å². The maximum absolute atomic E-state index is 12.7. The largest absolute Gasteiger partial charge is 0.497 e. The van der Waals surface area contributed by atoms with Crippen LogP contribution in [0.3, 0.4) is 0 Å². The van der Waals surface area contributed by atoms with E-state index in [-0.39, 0.29) is 5.91 Å². The molecular weight excluding hydrogens is 390 g/mol. The maximum Gasteiger partial charge on any atom is 0.329 e. The predicted molar refractivity (Wildman–Crippen MR) is 119 cm³/mol. The van der Waals surface area contributed by atoms with E-state index in [2.05, 4.69) is 5.32 Å². The summed E-state index contributed by atoms with van der Waals surface area (Å²) in [5, 5.41) is 2.67.